The summed E-state index contributed by atoms with van der Waals surface area (Å²) in [7, 11) is -4.07. The highest BCUT2D eigenvalue weighted by Gasteiger charge is 2.63. The van der Waals surface area contributed by atoms with E-state index in [0.29, 0.717) is 11.5 Å². The van der Waals surface area contributed by atoms with E-state index >= 15 is 0 Å². The first kappa shape index (κ1) is 19.2. The third-order valence-electron chi connectivity index (χ3n) is 4.96. The molecule has 0 heterocycles. The van der Waals surface area contributed by atoms with Gasteiger partial charge in [0.25, 0.3) is 0 Å². The third-order valence-corrected chi connectivity index (χ3v) is 6.46. The lowest BCUT2D eigenvalue weighted by molar-refractivity contribution is -0.140. The molecule has 1 fully saturated rings. The molecule has 0 unspecified atom stereocenters. The van der Waals surface area contributed by atoms with Crippen molar-refractivity contribution in [2.75, 3.05) is 0 Å². The van der Waals surface area contributed by atoms with Crippen molar-refractivity contribution in [1.82, 2.24) is 4.72 Å². The summed E-state index contributed by atoms with van der Waals surface area (Å²) in [6.07, 6.45) is 0.200. The molecule has 3 aromatic rings. The number of para-hydroxylation sites is 1. The van der Waals surface area contributed by atoms with Crippen LogP contribution in [-0.4, -0.2) is 25.0 Å². The Kier molecular flexibility index (Phi) is 4.86. The van der Waals surface area contributed by atoms with Gasteiger partial charge in [0.1, 0.15) is 17.0 Å². The fourth-order valence-electron chi connectivity index (χ4n) is 3.37. The first-order valence-corrected chi connectivity index (χ1v) is 10.5. The topological polar surface area (TPSA) is 92.7 Å². The Hall–Kier alpha value is -3.16. The Bertz CT molecular complexity index is 1130. The maximum absolute atomic E-state index is 12.9. The molecule has 0 radical (unpaired) electrons. The van der Waals surface area contributed by atoms with Crippen LogP contribution in [0.3, 0.4) is 0 Å². The van der Waals surface area contributed by atoms with Crippen LogP contribution in [0, 0.1) is 0 Å². The van der Waals surface area contributed by atoms with E-state index in [1.54, 1.807) is 48.5 Å². The molecule has 1 saturated carbocycles. The molecule has 0 bridgehead atoms. The minimum absolute atomic E-state index is 0.0507. The second-order valence-corrected chi connectivity index (χ2v) is 8.62. The van der Waals surface area contributed by atoms with Crippen molar-refractivity contribution in [3.63, 3.8) is 0 Å². The molecule has 0 saturated heterocycles. The first-order chi connectivity index (χ1) is 13.9. The predicted octanol–water partition coefficient (Wildman–Crippen LogP) is 3.77. The molecule has 2 N–H and O–H groups in total. The maximum atomic E-state index is 12.9. The molecule has 6 nitrogen and oxygen atoms in total. The third kappa shape index (κ3) is 3.87. The number of hydrogen-bond donors (Lipinski definition) is 2. The van der Waals surface area contributed by atoms with Crippen LogP contribution in [0.2, 0.25) is 0 Å². The zero-order valence-corrected chi connectivity index (χ0v) is 16.2. The molecule has 3 aromatic carbocycles. The molecule has 2 atom stereocenters. The van der Waals surface area contributed by atoms with Crippen molar-refractivity contribution < 1.29 is 23.1 Å². The Labute approximate surface area is 168 Å². The number of sulfonamides is 1. The quantitative estimate of drug-likeness (QED) is 0.620. The summed E-state index contributed by atoms with van der Waals surface area (Å²) in [6, 6.07) is 24.0. The monoisotopic (exact) mass is 409 g/mol. The number of hydrogen-bond acceptors (Lipinski definition) is 4. The van der Waals surface area contributed by atoms with Crippen LogP contribution in [-0.2, 0) is 14.8 Å². The molecule has 1 aliphatic rings. The van der Waals surface area contributed by atoms with Crippen LogP contribution < -0.4 is 9.46 Å². The van der Waals surface area contributed by atoms with E-state index in [-0.39, 0.29) is 11.3 Å². The average Bonchev–Trinajstić information content (AvgIpc) is 3.45. The normalized spacial score (nSPS) is 20.8. The number of carboxylic acids is 1. The van der Waals surface area contributed by atoms with Crippen molar-refractivity contribution in [2.45, 2.75) is 22.8 Å². The van der Waals surface area contributed by atoms with Gasteiger partial charge in [-0.15, -0.1) is 0 Å². The van der Waals surface area contributed by atoms with Gasteiger partial charge in [-0.2, -0.15) is 4.72 Å². The van der Waals surface area contributed by atoms with Crippen LogP contribution in [0.1, 0.15) is 17.9 Å². The molecule has 29 heavy (non-hydrogen) atoms. The first-order valence-electron chi connectivity index (χ1n) is 9.06. The molecular formula is C22H19NO5S. The van der Waals surface area contributed by atoms with Crippen LogP contribution in [0.25, 0.3) is 0 Å². The number of nitrogens with one attached hydrogen (secondary N) is 1. The van der Waals surface area contributed by atoms with Gasteiger partial charge in [-0.25, -0.2) is 8.42 Å². The highest BCUT2D eigenvalue weighted by atomic mass is 32.2. The molecule has 7 heteroatoms. The van der Waals surface area contributed by atoms with Gasteiger partial charge in [-0.3, -0.25) is 4.79 Å². The van der Waals surface area contributed by atoms with Crippen LogP contribution in [0.4, 0.5) is 0 Å². The Morgan fingerprint density at radius 3 is 2.21 bits per heavy atom. The van der Waals surface area contributed by atoms with Crippen molar-refractivity contribution >= 4 is 16.0 Å². The second-order valence-electron chi connectivity index (χ2n) is 6.94. The van der Waals surface area contributed by atoms with Crippen LogP contribution in [0.15, 0.2) is 89.8 Å². The lowest BCUT2D eigenvalue weighted by Gasteiger charge is -2.16. The summed E-state index contributed by atoms with van der Waals surface area (Å²) in [5.74, 6) is -0.687. The maximum Gasteiger partial charge on any atom is 0.325 e. The summed E-state index contributed by atoms with van der Waals surface area (Å²) in [4.78, 5) is 11.9. The van der Waals surface area contributed by atoms with Gasteiger partial charge in [0.2, 0.25) is 10.0 Å². The summed E-state index contributed by atoms with van der Waals surface area (Å²) in [6.45, 7) is 0. The smallest absolute Gasteiger partial charge is 0.325 e. The standard InChI is InChI=1S/C22H19NO5S/c24-21(25)22(15-20(22)16-8-3-1-4-9-16)23-29(26,27)19-13-7-12-18(14-19)28-17-10-5-2-6-11-17/h1-14,20,23H,15H2,(H,24,25)/t20-,22+/m0/s1. The Morgan fingerprint density at radius 2 is 1.55 bits per heavy atom. The van der Waals surface area contributed by atoms with Crippen molar-refractivity contribution in [1.29, 1.82) is 0 Å². The summed E-state index contributed by atoms with van der Waals surface area (Å²) in [5.41, 5.74) is -0.755. The highest BCUT2D eigenvalue weighted by Crippen LogP contribution is 2.52. The van der Waals surface area contributed by atoms with E-state index in [9.17, 15) is 18.3 Å². The average molecular weight is 409 g/mol. The van der Waals surface area contributed by atoms with E-state index in [0.717, 1.165) is 5.56 Å². The fraction of sp³-hybridized carbons (Fsp3) is 0.136. The van der Waals surface area contributed by atoms with Gasteiger partial charge in [-0.1, -0.05) is 54.6 Å². The van der Waals surface area contributed by atoms with Gasteiger partial charge in [0, 0.05) is 12.0 Å². The van der Waals surface area contributed by atoms with Crippen molar-refractivity contribution in [3.05, 3.63) is 90.5 Å². The summed E-state index contributed by atoms with van der Waals surface area (Å²) in [5, 5.41) is 9.74. The number of aliphatic carboxylic acids is 1. The molecule has 0 amide bonds. The molecule has 0 aromatic heterocycles. The molecule has 0 aliphatic heterocycles. The molecule has 4 rings (SSSR count). The number of benzene rings is 3. The Morgan fingerprint density at radius 1 is 0.931 bits per heavy atom. The van der Waals surface area contributed by atoms with Gasteiger partial charge in [0.05, 0.1) is 4.90 Å². The van der Waals surface area contributed by atoms with E-state index in [1.807, 2.05) is 24.3 Å². The number of carbonyl (C=O) groups is 1. The van der Waals surface area contributed by atoms with E-state index < -0.39 is 27.4 Å². The van der Waals surface area contributed by atoms with Crippen molar-refractivity contribution in [3.8, 4) is 11.5 Å². The predicted molar refractivity (Wildman–Crippen MR) is 107 cm³/mol. The largest absolute Gasteiger partial charge is 0.480 e. The van der Waals surface area contributed by atoms with Gasteiger partial charge >= 0.3 is 5.97 Å². The lowest BCUT2D eigenvalue weighted by Crippen LogP contribution is -2.44. The zero-order valence-electron chi connectivity index (χ0n) is 15.4. The fourth-order valence-corrected chi connectivity index (χ4v) is 4.81. The highest BCUT2D eigenvalue weighted by molar-refractivity contribution is 7.89. The van der Waals surface area contributed by atoms with E-state index in [4.69, 9.17) is 4.74 Å². The van der Waals surface area contributed by atoms with Crippen LogP contribution >= 0.6 is 0 Å². The molecule has 0 spiro atoms. The van der Waals surface area contributed by atoms with Crippen molar-refractivity contribution in [2.24, 2.45) is 0 Å². The van der Waals surface area contributed by atoms with Gasteiger partial charge < -0.3 is 9.84 Å². The molecule has 1 aliphatic carbocycles. The lowest BCUT2D eigenvalue weighted by atomic mass is 10.1. The molecular weight excluding hydrogens is 390 g/mol. The van der Waals surface area contributed by atoms with Gasteiger partial charge in [0.15, 0.2) is 0 Å². The number of carboxylic acid groups (broad SMARTS) is 1. The van der Waals surface area contributed by atoms with Gasteiger partial charge in [-0.05, 0) is 36.2 Å². The van der Waals surface area contributed by atoms with E-state index in [1.165, 1.54) is 12.1 Å². The zero-order chi connectivity index (χ0) is 20.5. The Balaban J connectivity index is 1.58. The van der Waals surface area contributed by atoms with E-state index in [2.05, 4.69) is 4.72 Å². The second kappa shape index (κ2) is 7.35. The minimum Gasteiger partial charge on any atom is -0.480 e. The number of ether oxygens (including phenoxy) is 1. The molecule has 148 valence electrons. The summed E-state index contributed by atoms with van der Waals surface area (Å²) < 4.78 is 34.0. The minimum atomic E-state index is -4.07. The SMILES string of the molecule is O=C(O)[C@@]1(NS(=O)(=O)c2cccc(Oc3ccccc3)c2)C[C@H]1c1ccccc1. The number of rotatable bonds is 7. The summed E-state index contributed by atoms with van der Waals surface area (Å²) >= 11 is 0. The van der Waals surface area contributed by atoms with Crippen LogP contribution in [0.5, 0.6) is 11.5 Å².